The summed E-state index contributed by atoms with van der Waals surface area (Å²) in [7, 11) is 0. The lowest BCUT2D eigenvalue weighted by molar-refractivity contribution is -0.137. The molecule has 0 aromatic heterocycles. The minimum absolute atomic E-state index is 0.232. The number of carbonyl (C=O) groups is 1. The quantitative estimate of drug-likeness (QED) is 0.863. The van der Waals surface area contributed by atoms with Crippen LogP contribution in [0.4, 0.5) is 0 Å². The predicted molar refractivity (Wildman–Crippen MR) is 80.5 cm³/mol. The molecule has 0 radical (unpaired) electrons. The van der Waals surface area contributed by atoms with E-state index in [1.165, 1.54) is 31.2 Å². The molecule has 3 nitrogen and oxygen atoms in total. The third-order valence-electron chi connectivity index (χ3n) is 4.38. The lowest BCUT2D eigenvalue weighted by Gasteiger charge is -2.38. The molecular formula is C17H25NO2. The van der Waals surface area contributed by atoms with Crippen LogP contribution in [-0.4, -0.2) is 28.6 Å². The summed E-state index contributed by atoms with van der Waals surface area (Å²) < 4.78 is 0. The summed E-state index contributed by atoms with van der Waals surface area (Å²) >= 11 is 0. The third kappa shape index (κ3) is 4.34. The van der Waals surface area contributed by atoms with Gasteiger partial charge in [-0.05, 0) is 24.3 Å². The van der Waals surface area contributed by atoms with Crippen LogP contribution >= 0.6 is 0 Å². The number of nitrogens with zero attached hydrogens (tertiary/aromatic N) is 1. The molecule has 1 saturated carbocycles. The van der Waals surface area contributed by atoms with E-state index in [9.17, 15) is 4.79 Å². The van der Waals surface area contributed by atoms with Crippen molar-refractivity contribution in [2.75, 3.05) is 6.54 Å². The third-order valence-corrected chi connectivity index (χ3v) is 4.38. The lowest BCUT2D eigenvalue weighted by atomic mass is 9.84. The molecule has 0 spiro atoms. The van der Waals surface area contributed by atoms with Crippen molar-refractivity contribution >= 4 is 5.97 Å². The zero-order valence-corrected chi connectivity index (χ0v) is 12.3. The van der Waals surface area contributed by atoms with Crippen LogP contribution in [0.15, 0.2) is 30.3 Å². The Bertz CT molecular complexity index is 418. The summed E-state index contributed by atoms with van der Waals surface area (Å²) in [4.78, 5) is 13.3. The fourth-order valence-electron chi connectivity index (χ4n) is 3.26. The smallest absolute Gasteiger partial charge is 0.304 e. The largest absolute Gasteiger partial charge is 0.481 e. The average Bonchev–Trinajstić information content (AvgIpc) is 2.45. The van der Waals surface area contributed by atoms with Crippen molar-refractivity contribution in [3.63, 3.8) is 0 Å². The maximum Gasteiger partial charge on any atom is 0.304 e. The van der Waals surface area contributed by atoms with Crippen LogP contribution in [0.3, 0.4) is 0 Å². The molecule has 110 valence electrons. The van der Waals surface area contributed by atoms with Crippen LogP contribution in [0.1, 0.15) is 44.6 Å². The Hall–Kier alpha value is -1.35. The van der Waals surface area contributed by atoms with Crippen LogP contribution in [0, 0.1) is 5.92 Å². The molecule has 1 N–H and O–H groups in total. The number of carboxylic acids is 1. The monoisotopic (exact) mass is 275 g/mol. The number of aliphatic carboxylic acids is 1. The van der Waals surface area contributed by atoms with Crippen molar-refractivity contribution in [3.8, 4) is 0 Å². The molecule has 0 heterocycles. The second-order valence-corrected chi connectivity index (χ2v) is 5.93. The number of benzene rings is 1. The van der Waals surface area contributed by atoms with Gasteiger partial charge in [0.05, 0.1) is 6.42 Å². The zero-order chi connectivity index (χ0) is 14.4. The SMILES string of the molecule is CC1CCCCC1N(CCC(=O)O)Cc1ccccc1. The second kappa shape index (κ2) is 7.44. The molecule has 1 aromatic carbocycles. The van der Waals surface area contributed by atoms with Gasteiger partial charge in [0, 0.05) is 19.1 Å². The summed E-state index contributed by atoms with van der Waals surface area (Å²) in [5, 5.41) is 8.97. The molecule has 20 heavy (non-hydrogen) atoms. The average molecular weight is 275 g/mol. The molecule has 1 aliphatic carbocycles. The molecule has 0 aliphatic heterocycles. The minimum Gasteiger partial charge on any atom is -0.481 e. The van der Waals surface area contributed by atoms with Gasteiger partial charge in [0.25, 0.3) is 0 Å². The van der Waals surface area contributed by atoms with Crippen molar-refractivity contribution in [1.29, 1.82) is 0 Å². The first-order valence-electron chi connectivity index (χ1n) is 7.66. The van der Waals surface area contributed by atoms with Crippen LogP contribution in [0.5, 0.6) is 0 Å². The van der Waals surface area contributed by atoms with Crippen LogP contribution in [-0.2, 0) is 11.3 Å². The van der Waals surface area contributed by atoms with Gasteiger partial charge in [0.2, 0.25) is 0 Å². The van der Waals surface area contributed by atoms with Crippen molar-refractivity contribution in [1.82, 2.24) is 4.90 Å². The Morgan fingerprint density at radius 3 is 2.60 bits per heavy atom. The molecule has 1 aliphatic rings. The maximum absolute atomic E-state index is 10.9. The number of rotatable bonds is 6. The highest BCUT2D eigenvalue weighted by atomic mass is 16.4. The second-order valence-electron chi connectivity index (χ2n) is 5.93. The van der Waals surface area contributed by atoms with Gasteiger partial charge >= 0.3 is 5.97 Å². The Morgan fingerprint density at radius 1 is 1.25 bits per heavy atom. The highest BCUT2D eigenvalue weighted by molar-refractivity contribution is 5.66. The molecule has 2 rings (SSSR count). The van der Waals surface area contributed by atoms with Gasteiger partial charge in [0.1, 0.15) is 0 Å². The van der Waals surface area contributed by atoms with Gasteiger partial charge in [-0.25, -0.2) is 0 Å². The first-order valence-corrected chi connectivity index (χ1v) is 7.66. The van der Waals surface area contributed by atoms with Crippen LogP contribution in [0.25, 0.3) is 0 Å². The first kappa shape index (κ1) is 15.0. The molecule has 1 fully saturated rings. The number of hydrogen-bond donors (Lipinski definition) is 1. The highest BCUT2D eigenvalue weighted by Gasteiger charge is 2.27. The van der Waals surface area contributed by atoms with Gasteiger partial charge in [0.15, 0.2) is 0 Å². The highest BCUT2D eigenvalue weighted by Crippen LogP contribution is 2.29. The Balaban J connectivity index is 2.04. The summed E-state index contributed by atoms with van der Waals surface area (Å²) in [6.45, 7) is 3.82. The van der Waals surface area contributed by atoms with E-state index < -0.39 is 5.97 Å². The normalized spacial score (nSPS) is 22.9. The minimum atomic E-state index is -0.702. The molecule has 3 heteroatoms. The Morgan fingerprint density at radius 2 is 1.95 bits per heavy atom. The first-order chi connectivity index (χ1) is 9.66. The molecule has 1 aromatic rings. The van der Waals surface area contributed by atoms with Crippen molar-refractivity contribution in [2.45, 2.75) is 51.6 Å². The fourth-order valence-corrected chi connectivity index (χ4v) is 3.26. The zero-order valence-electron chi connectivity index (χ0n) is 12.3. The summed E-state index contributed by atoms with van der Waals surface area (Å²) in [6, 6.07) is 10.9. The molecule has 2 unspecified atom stereocenters. The van der Waals surface area contributed by atoms with E-state index in [2.05, 4.69) is 36.1 Å². The van der Waals surface area contributed by atoms with E-state index in [0.717, 1.165) is 6.54 Å². The number of carboxylic acid groups (broad SMARTS) is 1. The molecule has 2 atom stereocenters. The van der Waals surface area contributed by atoms with Crippen LogP contribution in [0.2, 0.25) is 0 Å². The van der Waals surface area contributed by atoms with Gasteiger partial charge in [-0.15, -0.1) is 0 Å². The topological polar surface area (TPSA) is 40.5 Å². The van der Waals surface area contributed by atoms with E-state index in [0.29, 0.717) is 18.5 Å². The summed E-state index contributed by atoms with van der Waals surface area (Å²) in [5.74, 6) is -0.0345. The molecule has 0 bridgehead atoms. The van der Waals surface area contributed by atoms with Gasteiger partial charge < -0.3 is 5.11 Å². The standard InChI is InChI=1S/C17H25NO2/c1-14-7-5-6-10-16(14)18(12-11-17(19)20)13-15-8-3-2-4-9-15/h2-4,8-9,14,16H,5-7,10-13H2,1H3,(H,19,20). The summed E-state index contributed by atoms with van der Waals surface area (Å²) in [5.41, 5.74) is 1.27. The lowest BCUT2D eigenvalue weighted by Crippen LogP contribution is -2.42. The van der Waals surface area contributed by atoms with E-state index in [4.69, 9.17) is 5.11 Å². The van der Waals surface area contributed by atoms with Crippen LogP contribution < -0.4 is 0 Å². The van der Waals surface area contributed by atoms with Crippen molar-refractivity contribution in [3.05, 3.63) is 35.9 Å². The van der Waals surface area contributed by atoms with E-state index in [-0.39, 0.29) is 6.42 Å². The Labute approximate surface area is 121 Å². The van der Waals surface area contributed by atoms with Gasteiger partial charge in [-0.2, -0.15) is 0 Å². The van der Waals surface area contributed by atoms with E-state index in [1.54, 1.807) is 0 Å². The van der Waals surface area contributed by atoms with Crippen molar-refractivity contribution < 1.29 is 9.90 Å². The molecule has 0 amide bonds. The maximum atomic E-state index is 10.9. The Kier molecular flexibility index (Phi) is 5.60. The predicted octanol–water partition coefficient (Wildman–Crippen LogP) is 3.54. The summed E-state index contributed by atoms with van der Waals surface area (Å²) in [6.07, 6.45) is 5.29. The van der Waals surface area contributed by atoms with E-state index in [1.807, 2.05) is 6.07 Å². The number of hydrogen-bond acceptors (Lipinski definition) is 2. The van der Waals surface area contributed by atoms with E-state index >= 15 is 0 Å². The van der Waals surface area contributed by atoms with Crippen molar-refractivity contribution in [2.24, 2.45) is 5.92 Å². The molecular weight excluding hydrogens is 250 g/mol. The van der Waals surface area contributed by atoms with Gasteiger partial charge in [-0.3, -0.25) is 9.69 Å². The van der Waals surface area contributed by atoms with Gasteiger partial charge in [-0.1, -0.05) is 50.1 Å². The fraction of sp³-hybridized carbons (Fsp3) is 0.588. The molecule has 0 saturated heterocycles.